The van der Waals surface area contributed by atoms with Crippen molar-refractivity contribution in [2.45, 2.75) is 39.5 Å². The van der Waals surface area contributed by atoms with Gasteiger partial charge < -0.3 is 15.4 Å². The van der Waals surface area contributed by atoms with Gasteiger partial charge >= 0.3 is 6.09 Å². The molecule has 4 nitrogen and oxygen atoms in total. The maximum Gasteiger partial charge on any atom is 0.407 e. The average molecular weight is 397 g/mol. The van der Waals surface area contributed by atoms with Crippen LogP contribution in [0, 0.1) is 0 Å². The van der Waals surface area contributed by atoms with Gasteiger partial charge in [0.2, 0.25) is 0 Å². The SMILES string of the molecule is CC(C)(C)OC(=O)NCc1ccccc1NCc1sccc1Br. The highest BCUT2D eigenvalue weighted by Crippen LogP contribution is 2.24. The van der Waals surface area contributed by atoms with E-state index in [4.69, 9.17) is 4.74 Å². The molecule has 0 saturated carbocycles. The van der Waals surface area contributed by atoms with Gasteiger partial charge in [-0.3, -0.25) is 0 Å². The fraction of sp³-hybridized carbons (Fsp3) is 0.353. The van der Waals surface area contributed by atoms with Crippen LogP contribution in [-0.4, -0.2) is 11.7 Å². The number of carbonyl (C=O) groups excluding carboxylic acids is 1. The van der Waals surface area contributed by atoms with E-state index in [0.29, 0.717) is 6.54 Å². The first-order chi connectivity index (χ1) is 10.8. The molecule has 0 aliphatic heterocycles. The molecule has 0 radical (unpaired) electrons. The summed E-state index contributed by atoms with van der Waals surface area (Å²) in [6.07, 6.45) is -0.409. The molecule has 0 aliphatic rings. The van der Waals surface area contributed by atoms with Gasteiger partial charge in [-0.15, -0.1) is 11.3 Å². The zero-order chi connectivity index (χ0) is 16.9. The molecule has 0 fully saturated rings. The largest absolute Gasteiger partial charge is 0.444 e. The van der Waals surface area contributed by atoms with Crippen molar-refractivity contribution in [3.05, 3.63) is 50.6 Å². The van der Waals surface area contributed by atoms with E-state index in [1.54, 1.807) is 11.3 Å². The van der Waals surface area contributed by atoms with Crippen LogP contribution in [0.15, 0.2) is 40.2 Å². The molecule has 1 amide bonds. The molecule has 0 bridgehead atoms. The number of hydrogen-bond acceptors (Lipinski definition) is 4. The Hall–Kier alpha value is -1.53. The molecule has 0 aliphatic carbocycles. The maximum absolute atomic E-state index is 11.8. The van der Waals surface area contributed by atoms with Crippen molar-refractivity contribution >= 4 is 39.0 Å². The Morgan fingerprint density at radius 3 is 2.61 bits per heavy atom. The molecule has 0 spiro atoms. The zero-order valence-corrected chi connectivity index (χ0v) is 15.9. The number of amides is 1. The lowest BCUT2D eigenvalue weighted by molar-refractivity contribution is 0.0523. The van der Waals surface area contributed by atoms with E-state index in [0.717, 1.165) is 22.3 Å². The van der Waals surface area contributed by atoms with Crippen molar-refractivity contribution < 1.29 is 9.53 Å². The molecule has 2 aromatic rings. The van der Waals surface area contributed by atoms with Crippen LogP contribution < -0.4 is 10.6 Å². The van der Waals surface area contributed by atoms with E-state index in [1.807, 2.05) is 51.1 Å². The lowest BCUT2D eigenvalue weighted by Gasteiger charge is -2.20. The Kier molecular flexibility index (Phi) is 6.07. The van der Waals surface area contributed by atoms with E-state index < -0.39 is 11.7 Å². The monoisotopic (exact) mass is 396 g/mol. The summed E-state index contributed by atoms with van der Waals surface area (Å²) in [5, 5.41) is 8.26. The predicted octanol–water partition coefficient (Wildman–Crippen LogP) is 5.15. The molecule has 0 unspecified atom stereocenters. The maximum atomic E-state index is 11.8. The van der Waals surface area contributed by atoms with E-state index in [-0.39, 0.29) is 0 Å². The van der Waals surface area contributed by atoms with Gasteiger partial charge in [0.25, 0.3) is 0 Å². The first kappa shape index (κ1) is 17.8. The second kappa shape index (κ2) is 7.84. The van der Waals surface area contributed by atoms with Gasteiger partial charge in [0.15, 0.2) is 0 Å². The van der Waals surface area contributed by atoms with Crippen molar-refractivity contribution in [3.63, 3.8) is 0 Å². The summed E-state index contributed by atoms with van der Waals surface area (Å²) in [6.45, 7) is 6.70. The van der Waals surface area contributed by atoms with Gasteiger partial charge in [-0.25, -0.2) is 4.79 Å². The third-order valence-electron chi connectivity index (χ3n) is 2.97. The molecule has 2 N–H and O–H groups in total. The van der Waals surface area contributed by atoms with Crippen molar-refractivity contribution in [1.29, 1.82) is 0 Å². The normalized spacial score (nSPS) is 11.1. The van der Waals surface area contributed by atoms with Crippen LogP contribution in [0.5, 0.6) is 0 Å². The minimum Gasteiger partial charge on any atom is -0.444 e. The number of halogens is 1. The number of nitrogens with one attached hydrogen (secondary N) is 2. The van der Waals surface area contributed by atoms with Gasteiger partial charge in [0.05, 0.1) is 6.54 Å². The van der Waals surface area contributed by atoms with Crippen molar-refractivity contribution in [3.8, 4) is 0 Å². The van der Waals surface area contributed by atoms with E-state index in [9.17, 15) is 4.79 Å². The minimum absolute atomic E-state index is 0.409. The minimum atomic E-state index is -0.493. The first-order valence-corrected chi connectivity index (χ1v) is 9.03. The van der Waals surface area contributed by atoms with Crippen molar-refractivity contribution in [2.75, 3.05) is 5.32 Å². The van der Waals surface area contributed by atoms with Crippen LogP contribution in [0.1, 0.15) is 31.2 Å². The van der Waals surface area contributed by atoms with E-state index in [1.165, 1.54) is 4.88 Å². The van der Waals surface area contributed by atoms with Crippen LogP contribution in [0.2, 0.25) is 0 Å². The van der Waals surface area contributed by atoms with E-state index in [2.05, 4.69) is 31.9 Å². The number of hydrogen-bond donors (Lipinski definition) is 2. The standard InChI is InChI=1S/C17H21BrN2O2S/c1-17(2,3)22-16(21)20-10-12-6-4-5-7-14(12)19-11-15-13(18)8-9-23-15/h4-9,19H,10-11H2,1-3H3,(H,20,21). The summed E-state index contributed by atoms with van der Waals surface area (Å²) in [5.74, 6) is 0. The Balaban J connectivity index is 1.95. The molecule has 0 atom stereocenters. The number of thiophene rings is 1. The highest BCUT2D eigenvalue weighted by molar-refractivity contribution is 9.10. The van der Waals surface area contributed by atoms with Crippen molar-refractivity contribution in [2.24, 2.45) is 0 Å². The smallest absolute Gasteiger partial charge is 0.407 e. The van der Waals surface area contributed by atoms with Crippen LogP contribution >= 0.6 is 27.3 Å². The molecule has 1 aromatic heterocycles. The zero-order valence-electron chi connectivity index (χ0n) is 13.5. The third-order valence-corrected chi connectivity index (χ3v) is 4.90. The Morgan fingerprint density at radius 2 is 1.96 bits per heavy atom. The molecule has 124 valence electrons. The van der Waals surface area contributed by atoms with Crippen LogP contribution in [0.3, 0.4) is 0 Å². The Labute approximate surface area is 149 Å². The molecule has 6 heteroatoms. The Morgan fingerprint density at radius 1 is 1.22 bits per heavy atom. The number of alkyl carbamates (subject to hydrolysis) is 1. The van der Waals surface area contributed by atoms with Crippen LogP contribution in [-0.2, 0) is 17.8 Å². The number of ether oxygens (including phenoxy) is 1. The van der Waals surface area contributed by atoms with Gasteiger partial charge in [-0.1, -0.05) is 18.2 Å². The fourth-order valence-electron chi connectivity index (χ4n) is 1.96. The Bertz CT molecular complexity index is 665. The summed E-state index contributed by atoms with van der Waals surface area (Å²) in [5.41, 5.74) is 1.53. The van der Waals surface area contributed by atoms with Gasteiger partial charge in [-0.05, 0) is 59.8 Å². The van der Waals surface area contributed by atoms with Gasteiger partial charge in [0, 0.05) is 21.6 Å². The van der Waals surface area contributed by atoms with Gasteiger partial charge in [-0.2, -0.15) is 0 Å². The van der Waals surface area contributed by atoms with Crippen LogP contribution in [0.4, 0.5) is 10.5 Å². The number of anilines is 1. The highest BCUT2D eigenvalue weighted by atomic mass is 79.9. The molecular weight excluding hydrogens is 376 g/mol. The summed E-state index contributed by atoms with van der Waals surface area (Å²) in [6, 6.07) is 9.97. The van der Waals surface area contributed by atoms with Gasteiger partial charge in [0.1, 0.15) is 5.60 Å². The van der Waals surface area contributed by atoms with Crippen molar-refractivity contribution in [1.82, 2.24) is 5.32 Å². The summed E-state index contributed by atoms with van der Waals surface area (Å²) in [7, 11) is 0. The average Bonchev–Trinajstić information content (AvgIpc) is 2.87. The third kappa shape index (κ3) is 5.88. The molecule has 0 saturated heterocycles. The summed E-state index contributed by atoms with van der Waals surface area (Å²) >= 11 is 5.23. The second-order valence-corrected chi connectivity index (χ2v) is 7.91. The number of rotatable bonds is 5. The second-order valence-electron chi connectivity index (χ2n) is 6.06. The molecule has 1 aromatic carbocycles. The highest BCUT2D eigenvalue weighted by Gasteiger charge is 2.16. The topological polar surface area (TPSA) is 50.4 Å². The number of para-hydroxylation sites is 1. The summed E-state index contributed by atoms with van der Waals surface area (Å²) < 4.78 is 6.37. The first-order valence-electron chi connectivity index (χ1n) is 7.35. The summed E-state index contributed by atoms with van der Waals surface area (Å²) in [4.78, 5) is 13.0. The van der Waals surface area contributed by atoms with Crippen LogP contribution in [0.25, 0.3) is 0 Å². The molecular formula is C17H21BrN2O2S. The molecule has 23 heavy (non-hydrogen) atoms. The molecule has 2 rings (SSSR count). The quantitative estimate of drug-likeness (QED) is 0.734. The number of benzene rings is 1. The molecule has 1 heterocycles. The lowest BCUT2D eigenvalue weighted by Crippen LogP contribution is -2.32. The predicted molar refractivity (Wildman–Crippen MR) is 98.9 cm³/mol. The van der Waals surface area contributed by atoms with E-state index >= 15 is 0 Å². The lowest BCUT2D eigenvalue weighted by atomic mass is 10.1. The fourth-order valence-corrected chi connectivity index (χ4v) is 3.39. The number of carbonyl (C=O) groups is 1.